The Balaban J connectivity index is 2.37. The topological polar surface area (TPSA) is 84.4 Å². The molecule has 0 saturated carbocycles. The van der Waals surface area contributed by atoms with Gasteiger partial charge in [0.05, 0.1) is 11.3 Å². The highest BCUT2D eigenvalue weighted by atomic mass is 19.4. The molecule has 20 heavy (non-hydrogen) atoms. The molecule has 0 atom stereocenters. The lowest BCUT2D eigenvalue weighted by atomic mass is 10.1. The van der Waals surface area contributed by atoms with Crippen LogP contribution in [-0.4, -0.2) is 21.0 Å². The number of halogens is 3. The molecule has 0 amide bonds. The molecule has 1 aromatic carbocycles. The Bertz CT molecular complexity index is 638. The zero-order chi connectivity index (χ0) is 14.8. The van der Waals surface area contributed by atoms with E-state index in [0.29, 0.717) is 11.3 Å². The third kappa shape index (κ3) is 2.85. The van der Waals surface area contributed by atoms with Crippen LogP contribution >= 0.6 is 0 Å². The van der Waals surface area contributed by atoms with Crippen LogP contribution in [0.2, 0.25) is 0 Å². The number of hydrogen-bond acceptors (Lipinski definition) is 4. The summed E-state index contributed by atoms with van der Waals surface area (Å²) in [5.41, 5.74) is 5.44. The van der Waals surface area contributed by atoms with Gasteiger partial charge in [0.2, 0.25) is 5.84 Å². The summed E-state index contributed by atoms with van der Waals surface area (Å²) in [4.78, 5) is 7.78. The maximum atomic E-state index is 12.5. The first kappa shape index (κ1) is 13.8. The molecule has 0 aliphatic heterocycles. The lowest BCUT2D eigenvalue weighted by Crippen LogP contribution is -2.17. The second-order valence-electron chi connectivity index (χ2n) is 3.83. The van der Waals surface area contributed by atoms with Gasteiger partial charge in [-0.05, 0) is 18.2 Å². The smallest absolute Gasteiger partial charge is 0.409 e. The Morgan fingerprint density at radius 2 is 1.80 bits per heavy atom. The van der Waals surface area contributed by atoms with Crippen LogP contribution in [0.3, 0.4) is 0 Å². The van der Waals surface area contributed by atoms with E-state index in [2.05, 4.69) is 15.1 Å². The summed E-state index contributed by atoms with van der Waals surface area (Å²) in [7, 11) is 0. The van der Waals surface area contributed by atoms with Crippen molar-refractivity contribution in [1.82, 2.24) is 9.97 Å². The van der Waals surface area contributed by atoms with Gasteiger partial charge in [0.25, 0.3) is 0 Å². The first-order chi connectivity index (χ1) is 9.41. The molecular weight excluding hydrogens is 273 g/mol. The largest absolute Gasteiger partial charge is 0.416 e. The molecular formula is C12H9F3N4O. The molecule has 0 aliphatic carbocycles. The first-order valence-corrected chi connectivity index (χ1v) is 5.40. The maximum Gasteiger partial charge on any atom is 0.416 e. The molecule has 0 saturated heterocycles. The van der Waals surface area contributed by atoms with Gasteiger partial charge in [0.1, 0.15) is 0 Å². The predicted octanol–water partition coefficient (Wildman–Crippen LogP) is 2.26. The summed E-state index contributed by atoms with van der Waals surface area (Å²) >= 11 is 0. The number of aromatic nitrogens is 2. The summed E-state index contributed by atoms with van der Waals surface area (Å²) in [6.07, 6.45) is -3.02. The second kappa shape index (κ2) is 5.16. The lowest BCUT2D eigenvalue weighted by molar-refractivity contribution is -0.137. The highest BCUT2D eigenvalue weighted by Gasteiger charge is 2.30. The van der Waals surface area contributed by atoms with Gasteiger partial charge in [0.15, 0.2) is 5.82 Å². The molecule has 0 radical (unpaired) electrons. The molecule has 5 nitrogen and oxygen atoms in total. The molecule has 0 spiro atoms. The zero-order valence-corrected chi connectivity index (χ0v) is 9.96. The van der Waals surface area contributed by atoms with Crippen LogP contribution in [0.4, 0.5) is 13.2 Å². The standard InChI is InChI=1S/C12H9F3N4O/c13-12(14,15)8-3-1-7(2-4-8)9-5-6-17-11(18-9)10(16)19-20/h1-6,20H,(H2,16,19). The van der Waals surface area contributed by atoms with Crippen molar-refractivity contribution in [3.63, 3.8) is 0 Å². The van der Waals surface area contributed by atoms with Gasteiger partial charge in [0, 0.05) is 11.8 Å². The minimum Gasteiger partial charge on any atom is -0.409 e. The fourth-order valence-corrected chi connectivity index (χ4v) is 1.52. The molecule has 0 fully saturated rings. The van der Waals surface area contributed by atoms with Gasteiger partial charge >= 0.3 is 6.18 Å². The lowest BCUT2D eigenvalue weighted by Gasteiger charge is -2.07. The van der Waals surface area contributed by atoms with Crippen LogP contribution in [0.1, 0.15) is 11.4 Å². The quantitative estimate of drug-likeness (QED) is 0.383. The number of nitrogens with two attached hydrogens (primary N) is 1. The Morgan fingerprint density at radius 3 is 2.35 bits per heavy atom. The fourth-order valence-electron chi connectivity index (χ4n) is 1.52. The van der Waals surface area contributed by atoms with Crippen molar-refractivity contribution in [2.45, 2.75) is 6.18 Å². The van der Waals surface area contributed by atoms with E-state index in [-0.39, 0.29) is 11.7 Å². The number of hydrogen-bond donors (Lipinski definition) is 2. The highest BCUT2D eigenvalue weighted by Crippen LogP contribution is 2.30. The van der Waals surface area contributed by atoms with E-state index in [4.69, 9.17) is 10.9 Å². The Kier molecular flexibility index (Phi) is 3.55. The van der Waals surface area contributed by atoms with Crippen LogP contribution in [0.15, 0.2) is 41.7 Å². The third-order valence-electron chi connectivity index (χ3n) is 2.50. The normalized spacial score (nSPS) is 12.4. The van der Waals surface area contributed by atoms with Gasteiger partial charge in [-0.25, -0.2) is 9.97 Å². The minimum atomic E-state index is -4.39. The number of nitrogens with zero attached hydrogens (tertiary/aromatic N) is 3. The molecule has 0 aliphatic rings. The van der Waals surface area contributed by atoms with Crippen LogP contribution in [-0.2, 0) is 6.18 Å². The summed E-state index contributed by atoms with van der Waals surface area (Å²) in [5.74, 6) is -0.288. The summed E-state index contributed by atoms with van der Waals surface area (Å²) in [5, 5.41) is 11.3. The van der Waals surface area contributed by atoms with Crippen LogP contribution in [0.5, 0.6) is 0 Å². The molecule has 0 unspecified atom stereocenters. The van der Waals surface area contributed by atoms with Gasteiger partial charge in [-0.3, -0.25) is 0 Å². The van der Waals surface area contributed by atoms with Crippen LogP contribution in [0, 0.1) is 0 Å². The number of rotatable bonds is 2. The predicted molar refractivity (Wildman–Crippen MR) is 65.0 cm³/mol. The Hall–Kier alpha value is -2.64. The fraction of sp³-hybridized carbons (Fsp3) is 0.0833. The van der Waals surface area contributed by atoms with Crippen molar-refractivity contribution < 1.29 is 18.4 Å². The van der Waals surface area contributed by atoms with E-state index in [9.17, 15) is 13.2 Å². The van der Waals surface area contributed by atoms with E-state index < -0.39 is 11.7 Å². The molecule has 3 N–H and O–H groups in total. The minimum absolute atomic E-state index is 0.00935. The van der Waals surface area contributed by atoms with E-state index in [1.165, 1.54) is 24.4 Å². The van der Waals surface area contributed by atoms with Crippen molar-refractivity contribution in [2.75, 3.05) is 0 Å². The second-order valence-corrected chi connectivity index (χ2v) is 3.83. The molecule has 1 heterocycles. The molecule has 1 aromatic heterocycles. The zero-order valence-electron chi connectivity index (χ0n) is 9.96. The van der Waals surface area contributed by atoms with Gasteiger partial charge in [-0.1, -0.05) is 17.3 Å². The molecule has 104 valence electrons. The maximum absolute atomic E-state index is 12.5. The molecule has 0 bridgehead atoms. The third-order valence-corrected chi connectivity index (χ3v) is 2.50. The molecule has 8 heteroatoms. The summed E-state index contributed by atoms with van der Waals surface area (Å²) in [6, 6.07) is 6.01. The van der Waals surface area contributed by atoms with E-state index >= 15 is 0 Å². The van der Waals surface area contributed by atoms with E-state index in [0.717, 1.165) is 12.1 Å². The first-order valence-electron chi connectivity index (χ1n) is 5.40. The number of oxime groups is 1. The van der Waals surface area contributed by atoms with Crippen molar-refractivity contribution in [3.8, 4) is 11.3 Å². The van der Waals surface area contributed by atoms with Gasteiger partial charge in [-0.15, -0.1) is 0 Å². The van der Waals surface area contributed by atoms with Crippen molar-refractivity contribution in [2.24, 2.45) is 10.9 Å². The van der Waals surface area contributed by atoms with Crippen LogP contribution < -0.4 is 5.73 Å². The van der Waals surface area contributed by atoms with Gasteiger partial charge < -0.3 is 10.9 Å². The summed E-state index contributed by atoms with van der Waals surface area (Å²) in [6.45, 7) is 0. The SMILES string of the molecule is NC(=NO)c1nccc(-c2ccc(C(F)(F)F)cc2)n1. The molecule has 2 rings (SSSR count). The molecule has 2 aromatic rings. The van der Waals surface area contributed by atoms with E-state index in [1.54, 1.807) is 0 Å². The number of benzene rings is 1. The Labute approximate surface area is 111 Å². The average Bonchev–Trinajstić information content (AvgIpc) is 2.46. The number of amidine groups is 1. The number of alkyl halides is 3. The van der Waals surface area contributed by atoms with Gasteiger partial charge in [-0.2, -0.15) is 13.2 Å². The van der Waals surface area contributed by atoms with Crippen molar-refractivity contribution >= 4 is 5.84 Å². The average molecular weight is 282 g/mol. The Morgan fingerprint density at radius 1 is 1.15 bits per heavy atom. The highest BCUT2D eigenvalue weighted by molar-refractivity contribution is 5.93. The monoisotopic (exact) mass is 282 g/mol. The van der Waals surface area contributed by atoms with Crippen molar-refractivity contribution in [3.05, 3.63) is 47.9 Å². The van der Waals surface area contributed by atoms with E-state index in [1.807, 2.05) is 0 Å². The van der Waals surface area contributed by atoms with Crippen molar-refractivity contribution in [1.29, 1.82) is 0 Å². The van der Waals surface area contributed by atoms with Crippen LogP contribution in [0.25, 0.3) is 11.3 Å². The summed E-state index contributed by atoms with van der Waals surface area (Å²) < 4.78 is 37.4.